The maximum atomic E-state index is 12.6. The molecule has 2 amide bonds. The first-order valence-corrected chi connectivity index (χ1v) is 10.6. The van der Waals surface area contributed by atoms with Crippen LogP contribution in [-0.2, 0) is 16.1 Å². The van der Waals surface area contributed by atoms with Crippen LogP contribution in [0.4, 0.5) is 4.79 Å². The van der Waals surface area contributed by atoms with Crippen LogP contribution in [0.3, 0.4) is 0 Å². The van der Waals surface area contributed by atoms with Crippen LogP contribution in [0.5, 0.6) is 0 Å². The van der Waals surface area contributed by atoms with E-state index in [-0.39, 0.29) is 18.0 Å². The number of halogens is 1. The molecular weight excluding hydrogens is 390 g/mol. The summed E-state index contributed by atoms with van der Waals surface area (Å²) in [6.45, 7) is 10.2. The lowest BCUT2D eigenvalue weighted by atomic mass is 9.96. The van der Waals surface area contributed by atoms with Gasteiger partial charge in [-0.2, -0.15) is 0 Å². The number of hydrogen-bond acceptors (Lipinski definition) is 4. The topological polar surface area (TPSA) is 61.9 Å². The second-order valence-electron chi connectivity index (χ2n) is 8.85. The van der Waals surface area contributed by atoms with Crippen LogP contribution in [0.2, 0.25) is 5.02 Å². The average molecular weight is 424 g/mol. The van der Waals surface area contributed by atoms with E-state index in [1.54, 1.807) is 11.9 Å². The van der Waals surface area contributed by atoms with Crippen molar-refractivity contribution in [3.8, 4) is 0 Å². The molecule has 1 fully saturated rings. The van der Waals surface area contributed by atoms with Crippen LogP contribution in [0.1, 0.15) is 46.1 Å². The maximum Gasteiger partial charge on any atom is 0.410 e. The van der Waals surface area contributed by atoms with Gasteiger partial charge in [-0.3, -0.25) is 9.69 Å². The Balaban J connectivity index is 1.85. The summed E-state index contributed by atoms with van der Waals surface area (Å²) < 4.78 is 5.44. The molecule has 0 aromatic heterocycles. The number of likely N-dealkylation sites (tertiary alicyclic amines) is 1. The van der Waals surface area contributed by atoms with E-state index in [2.05, 4.69) is 10.2 Å². The van der Waals surface area contributed by atoms with Crippen molar-refractivity contribution in [1.29, 1.82) is 0 Å². The van der Waals surface area contributed by atoms with Gasteiger partial charge in [-0.15, -0.1) is 0 Å². The molecule has 1 aromatic carbocycles. The molecule has 7 heteroatoms. The van der Waals surface area contributed by atoms with Crippen molar-refractivity contribution in [2.75, 3.05) is 26.7 Å². The third-order valence-corrected chi connectivity index (χ3v) is 5.49. The Morgan fingerprint density at radius 2 is 2.03 bits per heavy atom. The van der Waals surface area contributed by atoms with Gasteiger partial charge in [0.05, 0.1) is 6.04 Å². The molecule has 1 heterocycles. The average Bonchev–Trinajstić information content (AvgIpc) is 2.65. The zero-order valence-electron chi connectivity index (χ0n) is 18.2. The van der Waals surface area contributed by atoms with Crippen molar-refractivity contribution < 1.29 is 14.3 Å². The number of carbonyl (C=O) groups is 2. The molecule has 2 rings (SSSR count). The zero-order valence-corrected chi connectivity index (χ0v) is 19.0. The number of nitrogens with zero attached hydrogens (tertiary/aromatic N) is 2. The molecule has 0 radical (unpaired) electrons. The molecule has 162 valence electrons. The van der Waals surface area contributed by atoms with Crippen molar-refractivity contribution in [1.82, 2.24) is 15.1 Å². The summed E-state index contributed by atoms with van der Waals surface area (Å²) in [5.41, 5.74) is 0.406. The summed E-state index contributed by atoms with van der Waals surface area (Å²) in [5, 5.41) is 3.64. The van der Waals surface area contributed by atoms with Gasteiger partial charge in [0.25, 0.3) is 0 Å². The van der Waals surface area contributed by atoms with E-state index in [1.807, 2.05) is 52.0 Å². The number of nitrogens with one attached hydrogen (secondary N) is 1. The molecule has 1 N–H and O–H groups in total. The minimum atomic E-state index is -0.502. The number of carbonyl (C=O) groups excluding carboxylic acids is 2. The van der Waals surface area contributed by atoms with E-state index < -0.39 is 5.60 Å². The smallest absolute Gasteiger partial charge is 0.410 e. The summed E-state index contributed by atoms with van der Waals surface area (Å²) in [4.78, 5) is 28.7. The molecule has 0 saturated carbocycles. The van der Waals surface area contributed by atoms with Crippen LogP contribution < -0.4 is 5.32 Å². The Morgan fingerprint density at radius 1 is 1.34 bits per heavy atom. The van der Waals surface area contributed by atoms with Crippen LogP contribution in [-0.4, -0.2) is 60.1 Å². The van der Waals surface area contributed by atoms with Crippen LogP contribution in [0.25, 0.3) is 0 Å². The van der Waals surface area contributed by atoms with Gasteiger partial charge in [0.15, 0.2) is 0 Å². The number of rotatable bonds is 6. The minimum Gasteiger partial charge on any atom is -0.444 e. The Hall–Kier alpha value is -1.79. The van der Waals surface area contributed by atoms with Gasteiger partial charge in [-0.1, -0.05) is 29.8 Å². The molecule has 0 aliphatic carbocycles. The van der Waals surface area contributed by atoms with Gasteiger partial charge >= 0.3 is 6.09 Å². The molecule has 6 nitrogen and oxygen atoms in total. The molecule has 0 bridgehead atoms. The summed E-state index contributed by atoms with van der Waals surface area (Å²) in [5.74, 6) is 0.311. The molecule has 1 aromatic rings. The molecule has 1 aliphatic heterocycles. The standard InChI is InChI=1S/C22H34ClN3O3/c1-16(20(27)24-13-18-10-6-7-11-19(18)23)26-12-8-9-17(15-26)14-25(5)21(28)29-22(2,3)4/h6-7,10-11,16-17H,8-9,12-15H2,1-5H3,(H,24,27). The third kappa shape index (κ3) is 7.52. The second kappa shape index (κ2) is 10.3. The fourth-order valence-electron chi connectivity index (χ4n) is 3.54. The fourth-order valence-corrected chi connectivity index (χ4v) is 3.74. The van der Waals surface area contributed by atoms with E-state index >= 15 is 0 Å². The first-order valence-electron chi connectivity index (χ1n) is 10.3. The number of piperidine rings is 1. The van der Waals surface area contributed by atoms with Crippen LogP contribution in [0.15, 0.2) is 24.3 Å². The number of ether oxygens (including phenoxy) is 1. The van der Waals surface area contributed by atoms with E-state index in [9.17, 15) is 9.59 Å². The van der Waals surface area contributed by atoms with Crippen molar-refractivity contribution >= 4 is 23.6 Å². The van der Waals surface area contributed by atoms with Crippen molar-refractivity contribution in [3.05, 3.63) is 34.9 Å². The molecule has 2 atom stereocenters. The number of benzene rings is 1. The van der Waals surface area contributed by atoms with Crippen LogP contribution in [0, 0.1) is 5.92 Å². The monoisotopic (exact) mass is 423 g/mol. The van der Waals surface area contributed by atoms with Gasteiger partial charge in [0.2, 0.25) is 5.91 Å². The molecule has 1 aliphatic rings. The predicted octanol–water partition coefficient (Wildman–Crippen LogP) is 3.92. The predicted molar refractivity (Wildman–Crippen MR) is 116 cm³/mol. The highest BCUT2D eigenvalue weighted by Gasteiger charge is 2.29. The van der Waals surface area contributed by atoms with Gasteiger partial charge in [-0.05, 0) is 64.6 Å². The van der Waals surface area contributed by atoms with E-state index in [0.717, 1.165) is 31.5 Å². The van der Waals surface area contributed by atoms with Crippen molar-refractivity contribution in [3.63, 3.8) is 0 Å². The summed E-state index contributed by atoms with van der Waals surface area (Å²) in [6.07, 6.45) is 1.74. The molecule has 0 spiro atoms. The van der Waals surface area contributed by atoms with E-state index in [1.165, 1.54) is 0 Å². The van der Waals surface area contributed by atoms with E-state index in [0.29, 0.717) is 24.0 Å². The Morgan fingerprint density at radius 3 is 2.69 bits per heavy atom. The number of hydrogen-bond donors (Lipinski definition) is 1. The lowest BCUT2D eigenvalue weighted by molar-refractivity contribution is -0.126. The Labute approximate surface area is 179 Å². The fraction of sp³-hybridized carbons (Fsp3) is 0.636. The van der Waals surface area contributed by atoms with Gasteiger partial charge in [0, 0.05) is 31.7 Å². The summed E-state index contributed by atoms with van der Waals surface area (Å²) in [7, 11) is 1.77. The Bertz CT molecular complexity index is 705. The zero-order chi connectivity index (χ0) is 21.6. The maximum absolute atomic E-state index is 12.6. The van der Waals surface area contributed by atoms with Crippen molar-refractivity contribution in [2.24, 2.45) is 5.92 Å². The third-order valence-electron chi connectivity index (χ3n) is 5.13. The SMILES string of the molecule is CC(C(=O)NCc1ccccc1Cl)N1CCCC(CN(C)C(=O)OC(C)(C)C)C1. The van der Waals surface area contributed by atoms with E-state index in [4.69, 9.17) is 16.3 Å². The highest BCUT2D eigenvalue weighted by atomic mass is 35.5. The quantitative estimate of drug-likeness (QED) is 0.753. The Kier molecular flexibility index (Phi) is 8.34. The molecular formula is C22H34ClN3O3. The summed E-state index contributed by atoms with van der Waals surface area (Å²) >= 11 is 6.16. The highest BCUT2D eigenvalue weighted by molar-refractivity contribution is 6.31. The lowest BCUT2D eigenvalue weighted by Gasteiger charge is -2.37. The first-order chi connectivity index (χ1) is 13.6. The second-order valence-corrected chi connectivity index (χ2v) is 9.26. The number of amides is 2. The minimum absolute atomic E-state index is 0.00827. The normalized spacial score (nSPS) is 18.8. The molecule has 1 saturated heterocycles. The first kappa shape index (κ1) is 23.5. The largest absolute Gasteiger partial charge is 0.444 e. The molecule has 29 heavy (non-hydrogen) atoms. The van der Waals surface area contributed by atoms with Gasteiger partial charge in [0.1, 0.15) is 5.60 Å². The van der Waals surface area contributed by atoms with Crippen molar-refractivity contribution in [2.45, 2.75) is 58.7 Å². The van der Waals surface area contributed by atoms with Gasteiger partial charge < -0.3 is 15.0 Å². The summed E-state index contributed by atoms with van der Waals surface area (Å²) in [6, 6.07) is 7.29. The van der Waals surface area contributed by atoms with Gasteiger partial charge in [-0.25, -0.2) is 4.79 Å². The highest BCUT2D eigenvalue weighted by Crippen LogP contribution is 2.21. The lowest BCUT2D eigenvalue weighted by Crippen LogP contribution is -2.50. The van der Waals surface area contributed by atoms with Crippen LogP contribution >= 0.6 is 11.6 Å². The molecule has 2 unspecified atom stereocenters.